The zero-order valence-corrected chi connectivity index (χ0v) is 14.6. The van der Waals surface area contributed by atoms with Crippen LogP contribution >= 0.6 is 24.0 Å². The maximum Gasteiger partial charge on any atom is 0.191 e. The molecule has 1 aromatic rings. The Hall–Kier alpha value is -0.760. The standard InChI is InChI=1S/C14H25N3O2.HI/c1-3-5-6-9-16-14(15-4-2)17-11-12(18)13-8-7-10-19-13;/h7-8,10,12,18H,3-6,9,11H2,1-2H3,(H2,15,16,17);1H. The van der Waals surface area contributed by atoms with Crippen molar-refractivity contribution in [3.63, 3.8) is 0 Å². The highest BCUT2D eigenvalue weighted by atomic mass is 127. The van der Waals surface area contributed by atoms with Crippen LogP contribution in [-0.2, 0) is 0 Å². The number of unbranched alkanes of at least 4 members (excludes halogenated alkanes) is 2. The molecular formula is C14H26IN3O2. The number of furan rings is 1. The van der Waals surface area contributed by atoms with Crippen molar-refractivity contribution in [3.05, 3.63) is 24.2 Å². The fraction of sp³-hybridized carbons (Fsp3) is 0.643. The molecule has 116 valence electrons. The van der Waals surface area contributed by atoms with Crippen LogP contribution in [0.15, 0.2) is 27.8 Å². The van der Waals surface area contributed by atoms with Crippen molar-refractivity contribution in [2.45, 2.75) is 39.2 Å². The first kappa shape index (κ1) is 19.2. The van der Waals surface area contributed by atoms with E-state index in [4.69, 9.17) is 4.42 Å². The number of halogens is 1. The smallest absolute Gasteiger partial charge is 0.191 e. The van der Waals surface area contributed by atoms with E-state index in [1.165, 1.54) is 12.8 Å². The first-order valence-corrected chi connectivity index (χ1v) is 7.01. The molecule has 1 rings (SSSR count). The molecule has 20 heavy (non-hydrogen) atoms. The molecular weight excluding hydrogens is 369 g/mol. The largest absolute Gasteiger partial charge is 0.467 e. The maximum absolute atomic E-state index is 9.88. The lowest BCUT2D eigenvalue weighted by molar-refractivity contribution is 0.158. The second-order valence-electron chi connectivity index (χ2n) is 4.38. The fourth-order valence-electron chi connectivity index (χ4n) is 1.67. The zero-order chi connectivity index (χ0) is 13.9. The summed E-state index contributed by atoms with van der Waals surface area (Å²) in [6, 6.07) is 3.51. The average Bonchev–Trinajstić information content (AvgIpc) is 2.94. The van der Waals surface area contributed by atoms with Gasteiger partial charge in [0.25, 0.3) is 0 Å². The summed E-state index contributed by atoms with van der Waals surface area (Å²) >= 11 is 0. The quantitative estimate of drug-likeness (QED) is 0.274. The number of nitrogens with one attached hydrogen (secondary N) is 2. The van der Waals surface area contributed by atoms with E-state index in [-0.39, 0.29) is 30.5 Å². The van der Waals surface area contributed by atoms with Crippen LogP contribution in [0.1, 0.15) is 45.0 Å². The van der Waals surface area contributed by atoms with Crippen molar-refractivity contribution in [2.24, 2.45) is 4.99 Å². The molecule has 0 saturated carbocycles. The summed E-state index contributed by atoms with van der Waals surface area (Å²) in [6.07, 6.45) is 4.40. The Morgan fingerprint density at radius 3 is 2.75 bits per heavy atom. The molecule has 0 spiro atoms. The summed E-state index contributed by atoms with van der Waals surface area (Å²) < 4.78 is 5.14. The molecule has 1 heterocycles. The van der Waals surface area contributed by atoms with Crippen LogP contribution in [0.25, 0.3) is 0 Å². The average molecular weight is 395 g/mol. The molecule has 1 unspecified atom stereocenters. The van der Waals surface area contributed by atoms with Crippen LogP contribution in [0.2, 0.25) is 0 Å². The van der Waals surface area contributed by atoms with Crippen molar-refractivity contribution in [3.8, 4) is 0 Å². The van der Waals surface area contributed by atoms with Crippen molar-refractivity contribution < 1.29 is 9.52 Å². The van der Waals surface area contributed by atoms with Crippen molar-refractivity contribution in [2.75, 3.05) is 19.6 Å². The summed E-state index contributed by atoms with van der Waals surface area (Å²) in [5.74, 6) is 1.29. The third kappa shape index (κ3) is 7.74. The number of aliphatic hydroxyl groups is 1. The topological polar surface area (TPSA) is 69.8 Å². The molecule has 5 nitrogen and oxygen atoms in total. The van der Waals surface area contributed by atoms with Gasteiger partial charge in [-0.25, -0.2) is 0 Å². The summed E-state index contributed by atoms with van der Waals surface area (Å²) in [5.41, 5.74) is 0. The van der Waals surface area contributed by atoms with E-state index in [9.17, 15) is 5.11 Å². The lowest BCUT2D eigenvalue weighted by Crippen LogP contribution is -2.38. The van der Waals surface area contributed by atoms with E-state index in [0.717, 1.165) is 25.5 Å². The van der Waals surface area contributed by atoms with E-state index in [1.807, 2.05) is 6.92 Å². The summed E-state index contributed by atoms with van der Waals surface area (Å²) in [5, 5.41) is 16.3. The van der Waals surface area contributed by atoms with Crippen LogP contribution in [0.5, 0.6) is 0 Å². The first-order chi connectivity index (χ1) is 9.27. The predicted molar refractivity (Wildman–Crippen MR) is 92.6 cm³/mol. The molecule has 0 bridgehead atoms. The van der Waals surface area contributed by atoms with Gasteiger partial charge in [0.15, 0.2) is 5.96 Å². The van der Waals surface area contributed by atoms with E-state index in [2.05, 4.69) is 22.5 Å². The minimum atomic E-state index is -0.693. The van der Waals surface area contributed by atoms with Crippen LogP contribution in [0.4, 0.5) is 0 Å². The highest BCUT2D eigenvalue weighted by Gasteiger charge is 2.09. The van der Waals surface area contributed by atoms with Gasteiger partial charge in [-0.1, -0.05) is 19.8 Å². The molecule has 3 N–H and O–H groups in total. The van der Waals surface area contributed by atoms with Gasteiger partial charge < -0.3 is 20.2 Å². The van der Waals surface area contributed by atoms with Gasteiger partial charge >= 0.3 is 0 Å². The van der Waals surface area contributed by atoms with Crippen molar-refractivity contribution in [1.82, 2.24) is 10.6 Å². The molecule has 0 aliphatic heterocycles. The Morgan fingerprint density at radius 2 is 2.15 bits per heavy atom. The Morgan fingerprint density at radius 1 is 1.35 bits per heavy atom. The van der Waals surface area contributed by atoms with Gasteiger partial charge in [0.1, 0.15) is 11.9 Å². The lowest BCUT2D eigenvalue weighted by Gasteiger charge is -2.12. The number of aliphatic hydroxyl groups excluding tert-OH is 1. The molecule has 0 aromatic carbocycles. The number of hydrogen-bond donors (Lipinski definition) is 3. The minimum Gasteiger partial charge on any atom is -0.467 e. The van der Waals surface area contributed by atoms with E-state index >= 15 is 0 Å². The summed E-state index contributed by atoms with van der Waals surface area (Å²) in [4.78, 5) is 4.35. The third-order valence-electron chi connectivity index (χ3n) is 2.71. The molecule has 0 radical (unpaired) electrons. The van der Waals surface area contributed by atoms with Gasteiger partial charge in [0.2, 0.25) is 0 Å². The molecule has 0 fully saturated rings. The van der Waals surface area contributed by atoms with Crippen molar-refractivity contribution >= 4 is 29.9 Å². The monoisotopic (exact) mass is 395 g/mol. The molecule has 0 aliphatic carbocycles. The Kier molecular flexibility index (Phi) is 11.6. The van der Waals surface area contributed by atoms with Gasteiger partial charge in [-0.2, -0.15) is 0 Å². The molecule has 0 amide bonds. The van der Waals surface area contributed by atoms with E-state index < -0.39 is 6.10 Å². The van der Waals surface area contributed by atoms with Crippen LogP contribution in [0, 0.1) is 0 Å². The Balaban J connectivity index is 0.00000361. The van der Waals surface area contributed by atoms with Gasteiger partial charge in [-0.3, -0.25) is 4.99 Å². The predicted octanol–water partition coefficient (Wildman–Crippen LogP) is 2.68. The van der Waals surface area contributed by atoms with Gasteiger partial charge in [-0.05, 0) is 25.5 Å². The van der Waals surface area contributed by atoms with Crippen molar-refractivity contribution in [1.29, 1.82) is 0 Å². The number of hydrogen-bond acceptors (Lipinski definition) is 3. The fourth-order valence-corrected chi connectivity index (χ4v) is 1.67. The molecule has 0 saturated heterocycles. The molecule has 0 aliphatic rings. The number of guanidine groups is 1. The van der Waals surface area contributed by atoms with Gasteiger partial charge in [0, 0.05) is 13.1 Å². The second-order valence-corrected chi connectivity index (χ2v) is 4.38. The van der Waals surface area contributed by atoms with E-state index in [1.54, 1.807) is 18.4 Å². The molecule has 1 atom stereocenters. The van der Waals surface area contributed by atoms with Gasteiger partial charge in [0.05, 0.1) is 12.8 Å². The van der Waals surface area contributed by atoms with Crippen LogP contribution in [0.3, 0.4) is 0 Å². The molecule has 6 heteroatoms. The highest BCUT2D eigenvalue weighted by Crippen LogP contribution is 2.12. The normalized spacial score (nSPS) is 12.7. The maximum atomic E-state index is 9.88. The van der Waals surface area contributed by atoms with Gasteiger partial charge in [-0.15, -0.1) is 24.0 Å². The Labute approximate surface area is 138 Å². The number of aliphatic imine (C=N–C) groups is 1. The number of nitrogens with zero attached hydrogens (tertiary/aromatic N) is 1. The lowest BCUT2D eigenvalue weighted by atomic mass is 10.2. The van der Waals surface area contributed by atoms with E-state index in [0.29, 0.717) is 5.76 Å². The zero-order valence-electron chi connectivity index (χ0n) is 12.3. The Bertz CT molecular complexity index is 355. The number of rotatable bonds is 8. The SMILES string of the molecule is CCCCCNC(=NCC(O)c1ccco1)NCC.I. The highest BCUT2D eigenvalue weighted by molar-refractivity contribution is 14.0. The summed E-state index contributed by atoms with van der Waals surface area (Å²) in [6.45, 7) is 6.19. The van der Waals surface area contributed by atoms with Crippen LogP contribution in [-0.4, -0.2) is 30.7 Å². The molecule has 1 aromatic heterocycles. The van der Waals surface area contributed by atoms with Crippen LogP contribution < -0.4 is 10.6 Å². The summed E-state index contributed by atoms with van der Waals surface area (Å²) in [7, 11) is 0. The second kappa shape index (κ2) is 12.0. The first-order valence-electron chi connectivity index (χ1n) is 7.01. The minimum absolute atomic E-state index is 0. The third-order valence-corrected chi connectivity index (χ3v) is 2.71.